The molecule has 1 amide bonds. The first-order chi connectivity index (χ1) is 10.2. The number of hydrogen-bond acceptors (Lipinski definition) is 4. The Bertz CT molecular complexity index is 745. The van der Waals surface area contributed by atoms with Gasteiger partial charge in [0.15, 0.2) is 0 Å². The molecule has 0 aliphatic heterocycles. The van der Waals surface area contributed by atoms with Crippen molar-refractivity contribution in [2.24, 2.45) is 0 Å². The summed E-state index contributed by atoms with van der Waals surface area (Å²) in [6, 6.07) is 10.5. The minimum absolute atomic E-state index is 0.145. The summed E-state index contributed by atoms with van der Waals surface area (Å²) in [5.74, 6) is 5.18. The van der Waals surface area contributed by atoms with E-state index in [1.165, 1.54) is 16.2 Å². The zero-order valence-corrected chi connectivity index (χ0v) is 12.1. The van der Waals surface area contributed by atoms with Crippen molar-refractivity contribution in [2.45, 2.75) is 0 Å². The van der Waals surface area contributed by atoms with Crippen LogP contribution in [0.2, 0.25) is 0 Å². The highest BCUT2D eigenvalue weighted by molar-refractivity contribution is 7.10. The fourth-order valence-electron chi connectivity index (χ4n) is 1.71. The number of aliphatic hydroxyl groups is 1. The maximum absolute atomic E-state index is 12.4. The van der Waals surface area contributed by atoms with E-state index in [1.807, 2.05) is 6.07 Å². The van der Waals surface area contributed by atoms with Gasteiger partial charge in [-0.15, -0.1) is 11.3 Å². The lowest BCUT2D eigenvalue weighted by Gasteiger charge is -2.16. The molecule has 1 N–H and O–H groups in total. The molecule has 1 aromatic heterocycles. The molecule has 4 nitrogen and oxygen atoms in total. The molecule has 0 aliphatic carbocycles. The van der Waals surface area contributed by atoms with Crippen molar-refractivity contribution in [2.75, 3.05) is 18.6 Å². The van der Waals surface area contributed by atoms with Gasteiger partial charge in [0.25, 0.3) is 5.91 Å². The van der Waals surface area contributed by atoms with Crippen LogP contribution >= 0.6 is 11.3 Å². The molecule has 0 saturated carbocycles. The molecule has 0 bridgehead atoms. The lowest BCUT2D eigenvalue weighted by molar-refractivity contribution is 0.0993. The number of amides is 1. The van der Waals surface area contributed by atoms with Gasteiger partial charge in [-0.1, -0.05) is 11.8 Å². The van der Waals surface area contributed by atoms with Crippen LogP contribution in [0.5, 0.6) is 0 Å². The zero-order chi connectivity index (χ0) is 15.2. The van der Waals surface area contributed by atoms with Gasteiger partial charge in [0, 0.05) is 18.1 Å². The van der Waals surface area contributed by atoms with Crippen LogP contribution in [0.4, 0.5) is 5.69 Å². The van der Waals surface area contributed by atoms with Crippen molar-refractivity contribution in [3.05, 3.63) is 51.7 Å². The number of benzene rings is 1. The van der Waals surface area contributed by atoms with Crippen LogP contribution in [-0.4, -0.2) is 24.7 Å². The van der Waals surface area contributed by atoms with Gasteiger partial charge in [-0.3, -0.25) is 4.79 Å². The third-order valence-corrected chi connectivity index (χ3v) is 3.67. The quantitative estimate of drug-likeness (QED) is 0.864. The highest BCUT2D eigenvalue weighted by Crippen LogP contribution is 2.19. The number of aliphatic hydroxyl groups excluding tert-OH is 1. The van der Waals surface area contributed by atoms with E-state index in [4.69, 9.17) is 10.4 Å². The standard InChI is InChI=1S/C16H12N2O2S/c1-18(14-6-4-12(10-17)5-7-14)16(20)13-9-15(21-11-13)3-2-8-19/h4-7,9,11,19H,8H2,1H3. The smallest absolute Gasteiger partial charge is 0.258 e. The molecule has 0 atom stereocenters. The third-order valence-electron chi connectivity index (χ3n) is 2.83. The van der Waals surface area contributed by atoms with Crippen LogP contribution in [-0.2, 0) is 0 Å². The second-order valence-electron chi connectivity index (χ2n) is 4.18. The second kappa shape index (κ2) is 6.71. The Balaban J connectivity index is 2.18. The summed E-state index contributed by atoms with van der Waals surface area (Å²) in [4.78, 5) is 14.6. The van der Waals surface area contributed by atoms with Crippen LogP contribution < -0.4 is 4.90 Å². The summed E-state index contributed by atoms with van der Waals surface area (Å²) in [5.41, 5.74) is 1.82. The number of nitrogens with zero attached hydrogens (tertiary/aromatic N) is 2. The Hall–Kier alpha value is -2.60. The van der Waals surface area contributed by atoms with Gasteiger partial charge in [-0.2, -0.15) is 5.26 Å². The van der Waals surface area contributed by atoms with E-state index in [2.05, 4.69) is 11.8 Å². The van der Waals surface area contributed by atoms with Crippen molar-refractivity contribution >= 4 is 22.9 Å². The van der Waals surface area contributed by atoms with Crippen molar-refractivity contribution in [1.82, 2.24) is 0 Å². The van der Waals surface area contributed by atoms with Crippen molar-refractivity contribution in [1.29, 1.82) is 5.26 Å². The minimum Gasteiger partial charge on any atom is -0.384 e. The summed E-state index contributed by atoms with van der Waals surface area (Å²) < 4.78 is 0. The first-order valence-electron chi connectivity index (χ1n) is 6.12. The first kappa shape index (κ1) is 14.8. The molecule has 5 heteroatoms. The molecule has 0 aliphatic rings. The number of anilines is 1. The molecule has 0 unspecified atom stereocenters. The molecule has 104 valence electrons. The van der Waals surface area contributed by atoms with Gasteiger partial charge in [0.2, 0.25) is 0 Å². The molecule has 21 heavy (non-hydrogen) atoms. The Labute approximate surface area is 126 Å². The fourth-order valence-corrected chi connectivity index (χ4v) is 2.46. The van der Waals surface area contributed by atoms with E-state index in [0.717, 1.165) is 4.88 Å². The van der Waals surface area contributed by atoms with Gasteiger partial charge in [0.1, 0.15) is 6.61 Å². The van der Waals surface area contributed by atoms with E-state index >= 15 is 0 Å². The number of carbonyl (C=O) groups is 1. The first-order valence-corrected chi connectivity index (χ1v) is 7.00. The maximum atomic E-state index is 12.4. The van der Waals surface area contributed by atoms with Crippen LogP contribution in [0.1, 0.15) is 20.8 Å². The monoisotopic (exact) mass is 296 g/mol. The molecule has 2 rings (SSSR count). The number of carbonyl (C=O) groups excluding carboxylic acids is 1. The van der Waals surface area contributed by atoms with Crippen LogP contribution in [0.25, 0.3) is 0 Å². The summed E-state index contributed by atoms with van der Waals surface area (Å²) in [6.45, 7) is -0.202. The average Bonchev–Trinajstić information content (AvgIpc) is 3.00. The highest BCUT2D eigenvalue weighted by Gasteiger charge is 2.14. The van der Waals surface area contributed by atoms with Gasteiger partial charge >= 0.3 is 0 Å². The van der Waals surface area contributed by atoms with E-state index < -0.39 is 0 Å². The Morgan fingerprint density at radius 1 is 1.38 bits per heavy atom. The van der Waals surface area contributed by atoms with E-state index in [-0.39, 0.29) is 12.5 Å². The lowest BCUT2D eigenvalue weighted by atomic mass is 10.2. The number of nitriles is 1. The molecular weight excluding hydrogens is 284 g/mol. The Kier molecular flexibility index (Phi) is 4.73. The lowest BCUT2D eigenvalue weighted by Crippen LogP contribution is -2.25. The summed E-state index contributed by atoms with van der Waals surface area (Å²) in [7, 11) is 1.68. The largest absolute Gasteiger partial charge is 0.384 e. The zero-order valence-electron chi connectivity index (χ0n) is 11.3. The molecule has 1 aromatic carbocycles. The van der Waals surface area contributed by atoms with Gasteiger partial charge < -0.3 is 10.0 Å². The van der Waals surface area contributed by atoms with E-state index in [0.29, 0.717) is 16.8 Å². The van der Waals surface area contributed by atoms with E-state index in [1.54, 1.807) is 42.8 Å². The molecule has 0 radical (unpaired) electrons. The van der Waals surface area contributed by atoms with Crippen molar-refractivity contribution < 1.29 is 9.90 Å². The van der Waals surface area contributed by atoms with Crippen molar-refractivity contribution in [3.8, 4) is 17.9 Å². The predicted molar refractivity (Wildman–Crippen MR) is 82.2 cm³/mol. The number of rotatable bonds is 2. The molecule has 2 aromatic rings. The second-order valence-corrected chi connectivity index (χ2v) is 5.09. The summed E-state index contributed by atoms with van der Waals surface area (Å²) >= 11 is 1.36. The number of hydrogen-bond donors (Lipinski definition) is 1. The molecule has 0 spiro atoms. The molecule has 0 saturated heterocycles. The SMILES string of the molecule is CN(C(=O)c1csc(C#CCO)c1)c1ccc(C#N)cc1. The van der Waals surface area contributed by atoms with E-state index in [9.17, 15) is 4.79 Å². The van der Waals surface area contributed by atoms with Crippen molar-refractivity contribution in [3.63, 3.8) is 0 Å². The van der Waals surface area contributed by atoms with Crippen LogP contribution in [0.3, 0.4) is 0 Å². The Morgan fingerprint density at radius 3 is 2.71 bits per heavy atom. The molecule has 1 heterocycles. The molecular formula is C16H12N2O2S. The van der Waals surface area contributed by atoms with Crippen LogP contribution in [0, 0.1) is 23.2 Å². The summed E-state index contributed by atoms with van der Waals surface area (Å²) in [6.07, 6.45) is 0. The fraction of sp³-hybridized carbons (Fsp3) is 0.125. The average molecular weight is 296 g/mol. The summed E-state index contributed by atoms with van der Waals surface area (Å²) in [5, 5.41) is 19.2. The topological polar surface area (TPSA) is 64.3 Å². The third kappa shape index (κ3) is 3.49. The van der Waals surface area contributed by atoms with Gasteiger partial charge in [0.05, 0.1) is 22.1 Å². The van der Waals surface area contributed by atoms with Gasteiger partial charge in [-0.25, -0.2) is 0 Å². The van der Waals surface area contributed by atoms with Gasteiger partial charge in [-0.05, 0) is 30.3 Å². The Morgan fingerprint density at radius 2 is 2.10 bits per heavy atom. The minimum atomic E-state index is -0.202. The van der Waals surface area contributed by atoms with Crippen LogP contribution in [0.15, 0.2) is 35.7 Å². The predicted octanol–water partition coefficient (Wildman–Crippen LogP) is 2.24. The normalized spacial score (nSPS) is 9.38. The number of thiophene rings is 1. The highest BCUT2D eigenvalue weighted by atomic mass is 32.1. The maximum Gasteiger partial charge on any atom is 0.258 e. The molecule has 0 fully saturated rings.